The predicted octanol–water partition coefficient (Wildman–Crippen LogP) is 17.2. The van der Waals surface area contributed by atoms with Crippen molar-refractivity contribution >= 4 is 94.1 Å². The van der Waals surface area contributed by atoms with Crippen molar-refractivity contribution < 1.29 is 62.3 Å². The maximum absolute atomic E-state index is 12.6. The van der Waals surface area contributed by atoms with Crippen molar-refractivity contribution in [3.05, 3.63) is 71.2 Å². The number of nitrogens with one attached hydrogen (secondary N) is 8. The van der Waals surface area contributed by atoms with Gasteiger partial charge in [-0.25, -0.2) is 0 Å². The molecule has 3 aliphatic rings. The first kappa shape index (κ1) is 140. The van der Waals surface area contributed by atoms with Crippen LogP contribution in [0, 0.1) is 66.5 Å². The molecular weight excluding hydrogens is 1760 g/mol. The number of nitrogens with zero attached hydrogens (tertiary/aromatic N) is 2. The first-order chi connectivity index (χ1) is 62.4. The Morgan fingerprint density at radius 1 is 0.522 bits per heavy atom. The molecule has 0 bridgehead atoms. The molecule has 1 aromatic rings. The first-order valence-corrected chi connectivity index (χ1v) is 50.1. The van der Waals surface area contributed by atoms with E-state index in [4.69, 9.17) is 46.0 Å². The Balaban J connectivity index is -0.000000355. The molecule has 2 saturated carbocycles. The summed E-state index contributed by atoms with van der Waals surface area (Å²) < 4.78 is 0. The van der Waals surface area contributed by atoms with Crippen LogP contribution in [0.4, 0.5) is 0 Å². The number of amides is 9. The van der Waals surface area contributed by atoms with E-state index >= 15 is 0 Å². The number of likely N-dealkylation sites (N-methyl/N-ethyl adjacent to an activating group) is 1. The molecule has 9 amide bonds. The lowest BCUT2D eigenvalue weighted by molar-refractivity contribution is -0.139. The molecule has 800 valence electrons. The fourth-order valence-electron chi connectivity index (χ4n) is 12.8. The Hall–Kier alpha value is -8.25. The standard InChI is InChI=1S/C17H25ClN2O2.C14H26N2O.C13H21N3O.C13H25NO.C12H24N2O2.C10H21NO.C9H18N2O2.C8H18N2O.C6H13NO.C6H12O/c1-12(13-6-8-14(18)9-7-13)20(11-15(21)19-5)16(22)10-17(2,3)4;1-10(15)12(11-8-6-5-7-9-11)16-13(17)14(2,3)4;1-9(14)11(8-10-6-5-7-15-10)16-12(17)13(2,3)4;1-10(15)12(14-13(2,3)4)11-8-6-5-7-9-11;1-12(2,3)10(15)8-9(6-5-7-13)11(16)14-4;1-5-9(12)6-8(11)7-10(2,3)4;1-5-6(7(10)12)11-8(13)9(2,3)4;1-8(2,3)6(9)5-7(11)10-4;1-6(2,3)5(8)7-4;1-5(7)6(2,3)4/h6-9,12H,10-11H2,1-5H3,(H,19,21);11-12H,1,5-9,15H2,2-4H3,(H,16,17);6-7,11H,1,5,8,14H2,2-4H3,(H,16,17);11-12,14H,5-9H2,1-4H3;9H,5-8,13H2,1-4H3,(H,14,16);8H,5-7,11H2,1-4H3;6H,5H2,1-4H3,(H2,10,12)(H,11,13);6H,5,9H2,1-4H3,(H,10,11);1-4H3,(H,7,8);1-4H3/t;12-;11-;;9-;8-;6-;;;/m.10.100.../s1. The van der Waals surface area contributed by atoms with Crippen LogP contribution in [-0.2, 0) is 62.3 Å². The topological polar surface area (TPSA) is 490 Å². The van der Waals surface area contributed by atoms with Gasteiger partial charge in [0.2, 0.25) is 53.2 Å². The second-order valence-corrected chi connectivity index (χ2v) is 47.8. The summed E-state index contributed by atoms with van der Waals surface area (Å²) >= 11 is 5.91. The maximum Gasteiger partial charge on any atom is 0.239 e. The lowest BCUT2D eigenvalue weighted by atomic mass is 9.81. The molecule has 0 spiro atoms. The number of nitrogens with two attached hydrogens (primary N) is 6. The smallest absolute Gasteiger partial charge is 0.239 e. The van der Waals surface area contributed by atoms with Gasteiger partial charge < -0.3 is 81.8 Å². The Labute approximate surface area is 842 Å². The molecule has 4 rings (SSSR count). The number of allylic oxidation sites excluding steroid dienone is 1. The van der Waals surface area contributed by atoms with Crippen LogP contribution in [0.1, 0.15) is 389 Å². The lowest BCUT2D eigenvalue weighted by Gasteiger charge is -2.34. The summed E-state index contributed by atoms with van der Waals surface area (Å²) in [4.78, 5) is 154. The number of ketones is 4. The largest absolute Gasteiger partial charge is 0.401 e. The highest BCUT2D eigenvalue weighted by molar-refractivity contribution is 6.30. The van der Waals surface area contributed by atoms with Gasteiger partial charge in [-0.2, -0.15) is 0 Å². The molecule has 30 heteroatoms. The zero-order valence-corrected chi connectivity index (χ0v) is 94.7. The van der Waals surface area contributed by atoms with E-state index in [0.717, 1.165) is 43.4 Å². The molecule has 138 heavy (non-hydrogen) atoms. The van der Waals surface area contributed by atoms with Crippen molar-refractivity contribution in [2.75, 3.05) is 41.3 Å². The van der Waals surface area contributed by atoms with E-state index in [1.165, 1.54) is 51.4 Å². The van der Waals surface area contributed by atoms with Gasteiger partial charge in [0, 0.05) is 157 Å². The maximum atomic E-state index is 12.6. The van der Waals surface area contributed by atoms with E-state index < -0.39 is 22.8 Å². The summed E-state index contributed by atoms with van der Waals surface area (Å²) in [7, 11) is 6.44. The van der Waals surface area contributed by atoms with Crippen LogP contribution in [0.2, 0.25) is 5.02 Å². The van der Waals surface area contributed by atoms with E-state index in [1.807, 2.05) is 184 Å². The third-order valence-corrected chi connectivity index (χ3v) is 22.8. The van der Waals surface area contributed by atoms with Crippen LogP contribution >= 0.6 is 11.6 Å². The number of primary amides is 1. The number of aliphatic imine (C=N–C) groups is 1. The SMILES string of the molecule is C=C(N)[C@@H](NC(=O)C(C)(C)C)C1CCCCC1.C=C(N)[C@H](CC1=CCC=N1)NC(=O)C(C)(C)C.CC(=O)C(C)(C)C.CC(=O)C(NC(C)(C)C)C1CCCCC1.CCC(=O)C[C@H](N)CC(C)(C)C.CC[C@H](NC(=O)C(C)(C)C)C(N)=O.CNC(=O)C(C)(C)C.CNC(=O)CC(N)C(C)(C)C.CNC(=O)CN(C(=O)CC(C)(C)C)C(C)c1ccc(Cl)cc1.CNC(=O)[C@H](CCCN)CC(=O)C(C)(C)C. The molecule has 0 saturated heterocycles. The number of Topliss-reactive ketones (excluding diaryl/α,β-unsaturated/α-hetero) is 4. The van der Waals surface area contributed by atoms with E-state index in [2.05, 4.69) is 102 Å². The number of hydrogen-bond acceptors (Lipinski definition) is 20. The van der Waals surface area contributed by atoms with Crippen LogP contribution < -0.4 is 76.9 Å². The lowest BCUT2D eigenvalue weighted by Crippen LogP contribution is -2.51. The summed E-state index contributed by atoms with van der Waals surface area (Å²) in [5.74, 6) is 0.935. The van der Waals surface area contributed by atoms with Crippen molar-refractivity contribution in [1.82, 2.24) is 47.4 Å². The van der Waals surface area contributed by atoms with Gasteiger partial charge in [-0.15, -0.1) is 0 Å². The normalized spacial score (nSPS) is 15.2. The predicted molar refractivity (Wildman–Crippen MR) is 573 cm³/mol. The Bertz CT molecular complexity index is 3890. The van der Waals surface area contributed by atoms with E-state index in [0.29, 0.717) is 91.9 Å². The van der Waals surface area contributed by atoms with Crippen LogP contribution in [0.25, 0.3) is 0 Å². The average Bonchev–Trinajstić information content (AvgIpc) is 0.920. The van der Waals surface area contributed by atoms with Crippen molar-refractivity contribution in [2.24, 2.45) is 106 Å². The average molecular weight is 1970 g/mol. The second-order valence-electron chi connectivity index (χ2n) is 47.3. The molecule has 2 aliphatic carbocycles. The van der Waals surface area contributed by atoms with Crippen LogP contribution in [0.15, 0.2) is 65.6 Å². The van der Waals surface area contributed by atoms with E-state index in [-0.39, 0.29) is 157 Å². The number of benzene rings is 1. The molecule has 20 N–H and O–H groups in total. The summed E-state index contributed by atoms with van der Waals surface area (Å²) in [6.45, 7) is 75.7. The van der Waals surface area contributed by atoms with Gasteiger partial charge in [0.15, 0.2) is 0 Å². The monoisotopic (exact) mass is 1970 g/mol. The second kappa shape index (κ2) is 67.3. The molecule has 29 nitrogen and oxygen atoms in total. The van der Waals surface area contributed by atoms with Gasteiger partial charge in [0.1, 0.15) is 35.7 Å². The van der Waals surface area contributed by atoms with E-state index in [9.17, 15) is 62.3 Å². The highest BCUT2D eigenvalue weighted by atomic mass is 35.5. The van der Waals surface area contributed by atoms with Gasteiger partial charge in [-0.1, -0.05) is 282 Å². The summed E-state index contributed by atoms with van der Waals surface area (Å²) in [5, 5.41) is 23.0. The fraction of sp³-hybridized carbons (Fsp3) is 0.759. The van der Waals surface area contributed by atoms with Crippen molar-refractivity contribution in [1.29, 1.82) is 0 Å². The molecule has 8 atom stereocenters. The molecule has 1 heterocycles. The quantitative estimate of drug-likeness (QED) is 0.0340. The Morgan fingerprint density at radius 2 is 0.949 bits per heavy atom. The minimum atomic E-state index is -0.549. The molecule has 0 aromatic heterocycles. The minimum Gasteiger partial charge on any atom is -0.401 e. The number of carbonyl (C=O) groups excluding carboxylic acids is 13. The molecule has 1 aromatic carbocycles. The number of carbonyl (C=O) groups is 13. The van der Waals surface area contributed by atoms with Crippen molar-refractivity contribution in [2.45, 2.75) is 425 Å². The highest BCUT2D eigenvalue weighted by Gasteiger charge is 2.35. The third-order valence-electron chi connectivity index (χ3n) is 22.5. The molecule has 3 unspecified atom stereocenters. The summed E-state index contributed by atoms with van der Waals surface area (Å²) in [5.41, 5.74) is 34.7. The zero-order chi connectivity index (χ0) is 110. The molecule has 2 fully saturated rings. The van der Waals surface area contributed by atoms with Gasteiger partial charge in [0.05, 0.1) is 24.2 Å². The first-order valence-electron chi connectivity index (χ1n) is 49.7. The number of hydrogen-bond donors (Lipinski definition) is 14. The van der Waals surface area contributed by atoms with Crippen molar-refractivity contribution in [3.63, 3.8) is 0 Å². The molecular formula is C108H203ClN16O13. The Kier molecular flexibility index (Phi) is 68.5. The van der Waals surface area contributed by atoms with Gasteiger partial charge in [-0.3, -0.25) is 67.3 Å². The molecule has 1 aliphatic heterocycles. The van der Waals surface area contributed by atoms with E-state index in [1.54, 1.807) is 86.8 Å². The number of rotatable bonds is 30. The summed E-state index contributed by atoms with van der Waals surface area (Å²) in [6, 6.07) is 6.36. The van der Waals surface area contributed by atoms with Crippen LogP contribution in [0.3, 0.4) is 0 Å². The van der Waals surface area contributed by atoms with Crippen LogP contribution in [0.5, 0.6) is 0 Å². The zero-order valence-electron chi connectivity index (χ0n) is 94.0. The fourth-order valence-corrected chi connectivity index (χ4v) is 13.0. The minimum absolute atomic E-state index is 0.00646. The molecule has 0 radical (unpaired) electrons. The van der Waals surface area contributed by atoms with Gasteiger partial charge >= 0.3 is 0 Å². The van der Waals surface area contributed by atoms with Crippen LogP contribution in [-0.4, -0.2) is 170 Å². The van der Waals surface area contributed by atoms with Gasteiger partial charge in [0.25, 0.3) is 0 Å². The highest BCUT2D eigenvalue weighted by Crippen LogP contribution is 2.33. The van der Waals surface area contributed by atoms with Crippen molar-refractivity contribution in [3.8, 4) is 0 Å². The summed E-state index contributed by atoms with van der Waals surface area (Å²) in [6.07, 6.45) is 22.9. The Morgan fingerprint density at radius 3 is 1.25 bits per heavy atom. The third kappa shape index (κ3) is 71.2. The van der Waals surface area contributed by atoms with Gasteiger partial charge in [-0.05, 0) is 145 Å². The number of halogens is 1.